The first kappa shape index (κ1) is 15.9. The van der Waals surface area contributed by atoms with Crippen LogP contribution in [0.3, 0.4) is 0 Å². The Hall–Kier alpha value is 1.74. The number of hydrogen-bond acceptors (Lipinski definition) is 0. The summed E-state index contributed by atoms with van der Waals surface area (Å²) in [6.07, 6.45) is 0. The summed E-state index contributed by atoms with van der Waals surface area (Å²) >= 11 is -0.637. The van der Waals surface area contributed by atoms with Crippen LogP contribution in [0.1, 0.15) is 13.8 Å². The van der Waals surface area contributed by atoms with Gasteiger partial charge in [0.15, 0.2) is 0 Å². The Morgan fingerprint density at radius 3 is 0.857 bits per heavy atom. The van der Waals surface area contributed by atoms with E-state index in [1.54, 1.807) is 0 Å². The monoisotopic (exact) mass is 308 g/mol. The van der Waals surface area contributed by atoms with Crippen LogP contribution in [0.5, 0.6) is 0 Å². The van der Waals surface area contributed by atoms with E-state index < -0.39 is 21.4 Å². The average molecular weight is 308 g/mol. The molecule has 44 valence electrons. The molecule has 0 fully saturated rings. The fraction of sp³-hybridized carbons (Fsp3) is 1.00. The first-order chi connectivity index (χ1) is 2.73. The maximum atomic E-state index is 2.38. The third-order valence-electron chi connectivity index (χ3n) is 0. The van der Waals surface area contributed by atoms with Gasteiger partial charge in [0.2, 0.25) is 0 Å². The molecule has 0 heterocycles. The molecule has 0 aromatic heterocycles. The minimum atomic E-state index is -0.637. The topological polar surface area (TPSA) is 0 Å². The van der Waals surface area contributed by atoms with E-state index in [2.05, 4.69) is 14.0 Å². The molecular formula is C5H18In2. The fourth-order valence-electron chi connectivity index (χ4n) is 0. The Labute approximate surface area is 74.4 Å². The Morgan fingerprint density at radius 1 is 0.857 bits per heavy atom. The predicted molar refractivity (Wildman–Crippen MR) is 44.6 cm³/mol. The van der Waals surface area contributed by atoms with E-state index in [-0.39, 0.29) is 25.8 Å². The first-order valence-corrected chi connectivity index (χ1v) is 12.6. The molecule has 0 aromatic rings. The quantitative estimate of drug-likeness (QED) is 0.631. The second-order valence-corrected chi connectivity index (χ2v) is 11.6. The van der Waals surface area contributed by atoms with E-state index in [1.165, 1.54) is 0 Å². The van der Waals surface area contributed by atoms with Gasteiger partial charge in [0.1, 0.15) is 0 Å². The second kappa shape index (κ2) is 15.6. The molecule has 0 nitrogen and oxygen atoms in total. The van der Waals surface area contributed by atoms with Crippen molar-refractivity contribution in [2.24, 2.45) is 0 Å². The van der Waals surface area contributed by atoms with Crippen molar-refractivity contribution in [3.05, 3.63) is 0 Å². The van der Waals surface area contributed by atoms with Crippen molar-refractivity contribution in [3.8, 4) is 0 Å². The maximum absolute atomic E-state index is 2.38. The van der Waals surface area contributed by atoms with E-state index in [4.69, 9.17) is 0 Å². The van der Waals surface area contributed by atoms with E-state index >= 15 is 0 Å². The van der Waals surface area contributed by atoms with E-state index in [0.29, 0.717) is 0 Å². The molecule has 7 heavy (non-hydrogen) atoms. The van der Waals surface area contributed by atoms with Gasteiger partial charge < -0.3 is 0 Å². The van der Waals surface area contributed by atoms with Gasteiger partial charge in [-0.1, -0.05) is 13.8 Å². The molecule has 0 aromatic carbocycles. The molecule has 0 spiro atoms. The minimum absolute atomic E-state index is 0. The molecule has 0 aliphatic heterocycles. The van der Waals surface area contributed by atoms with Gasteiger partial charge in [0, 0.05) is 0 Å². The normalized spacial score (nSPS) is 4.71. The zero-order chi connectivity index (χ0) is 5.58. The van der Waals surface area contributed by atoms with Gasteiger partial charge in [-0.3, -0.25) is 0 Å². The van der Waals surface area contributed by atoms with Crippen LogP contribution in [0.4, 0.5) is 0 Å². The zero-order valence-corrected chi connectivity index (χ0v) is 8.87. The standard InChI is InChI=1S/C2H6.3CH3.2In.3H/c1-2;;;;;;;;/h1-2H3;3*1H3;;;;;. The van der Waals surface area contributed by atoms with Crippen LogP contribution in [-0.2, 0) is 0 Å². The number of rotatable bonds is 0. The van der Waals surface area contributed by atoms with Gasteiger partial charge in [-0.2, -0.15) is 0 Å². The molecule has 0 N–H and O–H groups in total. The van der Waals surface area contributed by atoms with Crippen LogP contribution in [0.15, 0.2) is 0 Å². The summed E-state index contributed by atoms with van der Waals surface area (Å²) in [6.45, 7) is 4.00. The van der Waals surface area contributed by atoms with Crippen molar-refractivity contribution >= 4 is 47.3 Å². The van der Waals surface area contributed by atoms with E-state index in [9.17, 15) is 0 Å². The fourth-order valence-corrected chi connectivity index (χ4v) is 0. The molecule has 0 unspecified atom stereocenters. The van der Waals surface area contributed by atoms with E-state index in [0.717, 1.165) is 0 Å². The third-order valence-corrected chi connectivity index (χ3v) is 0. The van der Waals surface area contributed by atoms with Crippen LogP contribution in [-0.4, -0.2) is 47.3 Å². The van der Waals surface area contributed by atoms with Crippen LogP contribution in [0.25, 0.3) is 0 Å². The van der Waals surface area contributed by atoms with Crippen LogP contribution >= 0.6 is 0 Å². The SMILES string of the molecule is CC.[CH3][In]([CH3])[CH3].[InH3]. The summed E-state index contributed by atoms with van der Waals surface area (Å²) in [5.74, 6) is 0. The van der Waals surface area contributed by atoms with Gasteiger partial charge >= 0.3 is 61.3 Å². The van der Waals surface area contributed by atoms with Gasteiger partial charge in [0.25, 0.3) is 0 Å². The Kier molecular flexibility index (Phi) is 35.5. The summed E-state index contributed by atoms with van der Waals surface area (Å²) in [4.78, 5) is 0. The van der Waals surface area contributed by atoms with Crippen molar-refractivity contribution in [2.75, 3.05) is 0 Å². The van der Waals surface area contributed by atoms with Gasteiger partial charge in [0.05, 0.1) is 0 Å². The molecule has 0 radical (unpaired) electrons. The van der Waals surface area contributed by atoms with Crippen LogP contribution in [0, 0.1) is 0 Å². The molecule has 0 aliphatic rings. The Morgan fingerprint density at radius 2 is 0.857 bits per heavy atom. The molecule has 0 bridgehead atoms. The summed E-state index contributed by atoms with van der Waals surface area (Å²) in [7, 11) is 0. The van der Waals surface area contributed by atoms with Gasteiger partial charge in [-0.15, -0.1) is 0 Å². The van der Waals surface area contributed by atoms with E-state index in [1.807, 2.05) is 13.8 Å². The van der Waals surface area contributed by atoms with Crippen molar-refractivity contribution in [1.29, 1.82) is 0 Å². The van der Waals surface area contributed by atoms with Crippen molar-refractivity contribution in [1.82, 2.24) is 0 Å². The molecule has 0 saturated carbocycles. The molecule has 2 heteroatoms. The molecule has 0 rings (SSSR count). The van der Waals surface area contributed by atoms with Gasteiger partial charge in [-0.05, 0) is 0 Å². The zero-order valence-electron chi connectivity index (χ0n) is 5.58. The Bertz CT molecular complexity index is 10.8. The summed E-state index contributed by atoms with van der Waals surface area (Å²) in [5.41, 5.74) is 0. The molecule has 0 atom stereocenters. The molecule has 0 saturated heterocycles. The van der Waals surface area contributed by atoms with Crippen molar-refractivity contribution in [3.63, 3.8) is 0 Å². The van der Waals surface area contributed by atoms with Crippen molar-refractivity contribution < 1.29 is 0 Å². The summed E-state index contributed by atoms with van der Waals surface area (Å²) in [5, 5.41) is 0. The average Bonchev–Trinajstić information content (AvgIpc) is 1.41. The predicted octanol–water partition coefficient (Wildman–Crippen LogP) is 1.21. The summed E-state index contributed by atoms with van der Waals surface area (Å²) < 4.78 is 7.13. The first-order valence-electron chi connectivity index (χ1n) is 2.73. The molecule has 0 amide bonds. The second-order valence-electron chi connectivity index (χ2n) is 1.73. The van der Waals surface area contributed by atoms with Crippen molar-refractivity contribution in [2.45, 2.75) is 27.9 Å². The third kappa shape index (κ3) is 84.2. The molecule has 0 aliphatic carbocycles. The van der Waals surface area contributed by atoms with Gasteiger partial charge in [-0.25, -0.2) is 0 Å². The van der Waals surface area contributed by atoms with Crippen LogP contribution in [0.2, 0.25) is 14.0 Å². The van der Waals surface area contributed by atoms with Crippen LogP contribution < -0.4 is 0 Å². The summed E-state index contributed by atoms with van der Waals surface area (Å²) in [6, 6.07) is 0. The molecular weight excluding hydrogens is 290 g/mol. The number of hydrogen-bond donors (Lipinski definition) is 0. The Balaban J connectivity index is -0.0000000480.